The van der Waals surface area contributed by atoms with E-state index >= 15 is 0 Å². The van der Waals surface area contributed by atoms with E-state index in [0.717, 1.165) is 17.0 Å². The number of benzene rings is 1. The molecule has 0 spiro atoms. The molecule has 0 atom stereocenters. The van der Waals surface area contributed by atoms with Crippen LogP contribution in [0.5, 0.6) is 5.75 Å². The Bertz CT molecular complexity index is 918. The molecule has 1 aromatic carbocycles. The molecule has 0 bridgehead atoms. The monoisotopic (exact) mass is 357 g/mol. The number of carbonyl (C=O) groups excluding carboxylic acids is 1. The number of carbonyl (C=O) groups is 1. The molecular formula is C19H20ClN3O2. The van der Waals surface area contributed by atoms with Crippen molar-refractivity contribution >= 4 is 29.0 Å². The molecule has 0 fully saturated rings. The van der Waals surface area contributed by atoms with Crippen LogP contribution in [0.3, 0.4) is 0 Å². The van der Waals surface area contributed by atoms with Gasteiger partial charge in [-0.15, -0.1) is 11.6 Å². The fraction of sp³-hybridized carbons (Fsp3) is 0.263. The van der Waals surface area contributed by atoms with E-state index in [1.165, 1.54) is 0 Å². The fourth-order valence-corrected chi connectivity index (χ4v) is 2.55. The minimum Gasteiger partial charge on any atom is -0.497 e. The maximum absolute atomic E-state index is 12.7. The summed E-state index contributed by atoms with van der Waals surface area (Å²) in [6.45, 7) is 3.62. The van der Waals surface area contributed by atoms with Crippen LogP contribution in [0.1, 0.15) is 13.8 Å². The van der Waals surface area contributed by atoms with Crippen LogP contribution in [-0.2, 0) is 4.79 Å². The zero-order chi connectivity index (χ0) is 18.0. The van der Waals surface area contributed by atoms with Crippen LogP contribution in [0.25, 0.3) is 16.9 Å². The Morgan fingerprint density at radius 3 is 2.80 bits per heavy atom. The summed E-state index contributed by atoms with van der Waals surface area (Å²) in [6.07, 6.45) is 1.87. The average Bonchev–Trinajstić information content (AvgIpc) is 3.00. The lowest BCUT2D eigenvalue weighted by atomic mass is 9.95. The highest BCUT2D eigenvalue weighted by Crippen LogP contribution is 2.32. The number of pyridine rings is 1. The molecule has 1 N–H and O–H groups in total. The number of methoxy groups -OCH3 is 1. The molecule has 2 heterocycles. The third-order valence-corrected chi connectivity index (χ3v) is 4.72. The van der Waals surface area contributed by atoms with Crippen molar-refractivity contribution in [3.8, 4) is 17.0 Å². The largest absolute Gasteiger partial charge is 0.497 e. The van der Waals surface area contributed by atoms with Crippen molar-refractivity contribution < 1.29 is 9.53 Å². The first kappa shape index (κ1) is 17.3. The molecule has 0 radical (unpaired) electrons. The van der Waals surface area contributed by atoms with Crippen LogP contribution in [0.2, 0.25) is 0 Å². The van der Waals surface area contributed by atoms with Crippen molar-refractivity contribution in [2.24, 2.45) is 5.41 Å². The van der Waals surface area contributed by atoms with Crippen LogP contribution in [-0.4, -0.2) is 28.3 Å². The third-order valence-electron chi connectivity index (χ3n) is 4.05. The summed E-state index contributed by atoms with van der Waals surface area (Å²) in [4.78, 5) is 17.3. The number of rotatable bonds is 5. The molecule has 3 aromatic rings. The van der Waals surface area contributed by atoms with Gasteiger partial charge in [0.2, 0.25) is 5.91 Å². The van der Waals surface area contributed by atoms with Gasteiger partial charge in [-0.3, -0.25) is 9.20 Å². The second kappa shape index (κ2) is 6.76. The summed E-state index contributed by atoms with van der Waals surface area (Å²) in [7, 11) is 1.62. The number of hydrogen-bond acceptors (Lipinski definition) is 3. The predicted octanol–water partition coefficient (Wildman–Crippen LogP) is 4.21. The van der Waals surface area contributed by atoms with Crippen molar-refractivity contribution in [3.63, 3.8) is 0 Å². The number of amides is 1. The highest BCUT2D eigenvalue weighted by Gasteiger charge is 2.28. The maximum Gasteiger partial charge on any atom is 0.232 e. The normalized spacial score (nSPS) is 11.5. The number of fused-ring (bicyclic) bond motifs is 1. The Balaban J connectivity index is 2.13. The lowest BCUT2D eigenvalue weighted by molar-refractivity contribution is -0.123. The van der Waals surface area contributed by atoms with Crippen molar-refractivity contribution in [1.82, 2.24) is 9.38 Å². The van der Waals surface area contributed by atoms with Gasteiger partial charge in [-0.2, -0.15) is 0 Å². The van der Waals surface area contributed by atoms with Gasteiger partial charge in [-0.25, -0.2) is 4.98 Å². The van der Waals surface area contributed by atoms with Gasteiger partial charge >= 0.3 is 0 Å². The highest BCUT2D eigenvalue weighted by molar-refractivity contribution is 6.20. The van der Waals surface area contributed by atoms with Gasteiger partial charge in [0.05, 0.1) is 12.5 Å². The van der Waals surface area contributed by atoms with Gasteiger partial charge < -0.3 is 10.1 Å². The molecule has 2 aromatic heterocycles. The Labute approximate surface area is 151 Å². The topological polar surface area (TPSA) is 55.6 Å². The quantitative estimate of drug-likeness (QED) is 0.696. The van der Waals surface area contributed by atoms with Crippen molar-refractivity contribution in [3.05, 3.63) is 48.7 Å². The number of aromatic nitrogens is 2. The predicted molar refractivity (Wildman–Crippen MR) is 100 cm³/mol. The van der Waals surface area contributed by atoms with Crippen LogP contribution in [0, 0.1) is 5.41 Å². The Morgan fingerprint density at radius 2 is 2.08 bits per heavy atom. The number of ether oxygens (including phenoxy) is 1. The van der Waals surface area contributed by atoms with Gasteiger partial charge in [-0.1, -0.05) is 18.2 Å². The van der Waals surface area contributed by atoms with Crippen LogP contribution in [0.4, 0.5) is 5.82 Å². The number of imidazole rings is 1. The first-order valence-electron chi connectivity index (χ1n) is 7.95. The van der Waals surface area contributed by atoms with Crippen LogP contribution in [0.15, 0.2) is 48.7 Å². The van der Waals surface area contributed by atoms with Gasteiger partial charge in [0.25, 0.3) is 0 Å². The van der Waals surface area contributed by atoms with E-state index < -0.39 is 5.41 Å². The second-order valence-corrected chi connectivity index (χ2v) is 6.71. The summed E-state index contributed by atoms with van der Waals surface area (Å²) in [6, 6.07) is 13.3. The van der Waals surface area contributed by atoms with E-state index in [1.807, 2.05) is 66.9 Å². The number of anilines is 1. The smallest absolute Gasteiger partial charge is 0.232 e. The number of halogens is 1. The van der Waals surface area contributed by atoms with Crippen molar-refractivity contribution in [2.45, 2.75) is 13.8 Å². The first-order chi connectivity index (χ1) is 12.0. The lowest BCUT2D eigenvalue weighted by Crippen LogP contribution is -2.32. The number of hydrogen-bond donors (Lipinski definition) is 1. The van der Waals surface area contributed by atoms with Gasteiger partial charge in [0.15, 0.2) is 0 Å². The summed E-state index contributed by atoms with van der Waals surface area (Å²) < 4.78 is 7.16. The molecule has 0 saturated carbocycles. The van der Waals surface area contributed by atoms with Crippen LogP contribution >= 0.6 is 11.6 Å². The summed E-state index contributed by atoms with van der Waals surface area (Å²) in [5.41, 5.74) is 1.61. The van der Waals surface area contributed by atoms with Crippen molar-refractivity contribution in [1.29, 1.82) is 0 Å². The molecule has 3 rings (SSSR count). The fourth-order valence-electron chi connectivity index (χ4n) is 2.42. The van der Waals surface area contributed by atoms with E-state index in [-0.39, 0.29) is 11.8 Å². The minimum absolute atomic E-state index is 0.155. The standard InChI is InChI=1S/C19H20ClN3O2/c1-19(2,12-20)18(24)22-17-16(13-7-6-8-14(11-13)25-3)21-15-9-4-5-10-23(15)17/h4-11H,12H2,1-3H3,(H,22,24). The number of nitrogens with zero attached hydrogens (tertiary/aromatic N) is 2. The maximum atomic E-state index is 12.7. The van der Waals surface area contributed by atoms with E-state index in [9.17, 15) is 4.79 Å². The first-order valence-corrected chi connectivity index (χ1v) is 8.48. The molecule has 1 amide bonds. The van der Waals surface area contributed by atoms with Crippen molar-refractivity contribution in [2.75, 3.05) is 18.3 Å². The number of nitrogens with one attached hydrogen (secondary N) is 1. The van der Waals surface area contributed by atoms with Crippen LogP contribution < -0.4 is 10.1 Å². The third kappa shape index (κ3) is 3.33. The molecule has 0 unspecified atom stereocenters. The molecule has 0 aliphatic heterocycles. The molecule has 25 heavy (non-hydrogen) atoms. The zero-order valence-corrected chi connectivity index (χ0v) is 15.2. The van der Waals surface area contributed by atoms with E-state index in [2.05, 4.69) is 10.3 Å². The van der Waals surface area contributed by atoms with Gasteiger partial charge in [0, 0.05) is 17.6 Å². The van der Waals surface area contributed by atoms with E-state index in [1.54, 1.807) is 7.11 Å². The summed E-state index contributed by atoms with van der Waals surface area (Å²) >= 11 is 5.94. The molecular weight excluding hydrogens is 338 g/mol. The molecule has 0 saturated heterocycles. The molecule has 5 nitrogen and oxygen atoms in total. The lowest BCUT2D eigenvalue weighted by Gasteiger charge is -2.20. The molecule has 0 aliphatic rings. The SMILES string of the molecule is COc1cccc(-c2nc3ccccn3c2NC(=O)C(C)(C)CCl)c1. The molecule has 130 valence electrons. The van der Waals surface area contributed by atoms with E-state index in [0.29, 0.717) is 11.5 Å². The Morgan fingerprint density at radius 1 is 1.28 bits per heavy atom. The Hall–Kier alpha value is -2.53. The molecule has 6 heteroatoms. The Kier molecular flexibility index (Phi) is 4.68. The van der Waals surface area contributed by atoms with Gasteiger partial charge in [-0.05, 0) is 38.1 Å². The summed E-state index contributed by atoms with van der Waals surface area (Å²) in [5, 5.41) is 3.00. The number of alkyl halides is 1. The average molecular weight is 358 g/mol. The highest BCUT2D eigenvalue weighted by atomic mass is 35.5. The van der Waals surface area contributed by atoms with Gasteiger partial charge in [0.1, 0.15) is 22.9 Å². The second-order valence-electron chi connectivity index (χ2n) is 6.44. The molecule has 0 aliphatic carbocycles. The summed E-state index contributed by atoms with van der Waals surface area (Å²) in [5.74, 6) is 1.42. The minimum atomic E-state index is -0.688. The zero-order valence-electron chi connectivity index (χ0n) is 14.4. The van der Waals surface area contributed by atoms with E-state index in [4.69, 9.17) is 16.3 Å².